The maximum atomic E-state index is 6.93. The van der Waals surface area contributed by atoms with Crippen LogP contribution >= 0.6 is 0 Å². The highest BCUT2D eigenvalue weighted by Crippen LogP contribution is 2.46. The molecule has 0 saturated carbocycles. The Labute approximate surface area is 376 Å². The number of furan rings is 1. The summed E-state index contributed by atoms with van der Waals surface area (Å²) in [6.07, 6.45) is 0. The van der Waals surface area contributed by atoms with E-state index in [0.29, 0.717) is 0 Å². The van der Waals surface area contributed by atoms with E-state index < -0.39 is 0 Å². The SMILES string of the molecule is c1cc(-c2ccc(N(c3ccc(-c4cccc5ccccc45)cc3)c3ccccc3-c3cccc4c3oc3c5ccccc5ccc43)cc2)cc(-n2c3ccccc3c3ccccc32)c1. The lowest BCUT2D eigenvalue weighted by atomic mass is 9.97. The van der Waals surface area contributed by atoms with Gasteiger partial charge in [-0.25, -0.2) is 0 Å². The van der Waals surface area contributed by atoms with Crippen molar-refractivity contribution in [3.05, 3.63) is 243 Å². The van der Waals surface area contributed by atoms with E-state index in [4.69, 9.17) is 4.42 Å². The molecule has 0 fully saturated rings. The maximum absolute atomic E-state index is 6.93. The van der Waals surface area contributed by atoms with Gasteiger partial charge in [-0.15, -0.1) is 0 Å². The van der Waals surface area contributed by atoms with E-state index in [1.165, 1.54) is 49.1 Å². The van der Waals surface area contributed by atoms with Crippen molar-refractivity contribution in [1.82, 2.24) is 4.57 Å². The van der Waals surface area contributed by atoms with Gasteiger partial charge in [0.25, 0.3) is 0 Å². The minimum Gasteiger partial charge on any atom is -0.455 e. The number of para-hydroxylation sites is 4. The molecule has 13 aromatic rings. The Balaban J connectivity index is 0.952. The first kappa shape index (κ1) is 36.9. The molecule has 2 heterocycles. The smallest absolute Gasteiger partial charge is 0.143 e. The summed E-state index contributed by atoms with van der Waals surface area (Å²) in [5, 5.41) is 9.51. The third-order valence-corrected chi connectivity index (χ3v) is 13.2. The molecule has 0 aliphatic rings. The zero-order valence-electron chi connectivity index (χ0n) is 35.4. The lowest BCUT2D eigenvalue weighted by Gasteiger charge is -2.28. The summed E-state index contributed by atoms with van der Waals surface area (Å²) in [7, 11) is 0. The molecule has 0 spiro atoms. The van der Waals surface area contributed by atoms with Gasteiger partial charge in [0, 0.05) is 55.1 Å². The standard InChI is InChI=1S/C62H40N2O/c1-3-19-49-42(14-1)16-12-24-50(49)44-32-37-47(38-33-44)63(58-27-8-7-23-54(58)55-25-13-26-56-57-39-34-43-15-2-4-20-51(43)61(57)65-62(55)56)46-35-30-41(31-36-46)45-17-11-18-48(40-45)64-59-28-9-5-21-52(59)53-22-6-10-29-60(53)64/h1-40H. The quantitative estimate of drug-likeness (QED) is 0.160. The largest absolute Gasteiger partial charge is 0.455 e. The molecule has 0 bridgehead atoms. The molecule has 0 atom stereocenters. The van der Waals surface area contributed by atoms with E-state index >= 15 is 0 Å². The van der Waals surface area contributed by atoms with Crippen molar-refractivity contribution in [1.29, 1.82) is 0 Å². The Kier molecular flexibility index (Phi) is 8.53. The van der Waals surface area contributed by atoms with Gasteiger partial charge in [0.2, 0.25) is 0 Å². The molecule has 0 aliphatic carbocycles. The van der Waals surface area contributed by atoms with Crippen molar-refractivity contribution in [2.45, 2.75) is 0 Å². The lowest BCUT2D eigenvalue weighted by molar-refractivity contribution is 0.674. The van der Waals surface area contributed by atoms with Gasteiger partial charge < -0.3 is 13.9 Å². The van der Waals surface area contributed by atoms with Crippen LogP contribution in [0.1, 0.15) is 0 Å². The first-order valence-electron chi connectivity index (χ1n) is 22.2. The number of nitrogens with zero attached hydrogens (tertiary/aromatic N) is 2. The average Bonchev–Trinajstić information content (AvgIpc) is 3.94. The predicted octanol–water partition coefficient (Wildman–Crippen LogP) is 17.5. The summed E-state index contributed by atoms with van der Waals surface area (Å²) in [5.41, 5.74) is 15.4. The average molecular weight is 829 g/mol. The minimum absolute atomic E-state index is 0.885. The first-order chi connectivity index (χ1) is 32.2. The van der Waals surface area contributed by atoms with E-state index in [-0.39, 0.29) is 0 Å². The molecule has 0 amide bonds. The van der Waals surface area contributed by atoms with Crippen molar-refractivity contribution in [2.24, 2.45) is 0 Å². The number of fused-ring (bicyclic) bond motifs is 9. The van der Waals surface area contributed by atoms with Gasteiger partial charge in [0.15, 0.2) is 0 Å². The third-order valence-electron chi connectivity index (χ3n) is 13.2. The molecule has 0 radical (unpaired) electrons. The van der Waals surface area contributed by atoms with E-state index in [9.17, 15) is 0 Å². The second kappa shape index (κ2) is 15.0. The Morgan fingerprint density at radius 1 is 0.308 bits per heavy atom. The normalized spacial score (nSPS) is 11.7. The van der Waals surface area contributed by atoms with Crippen molar-refractivity contribution in [2.75, 3.05) is 4.90 Å². The molecule has 13 rings (SSSR count). The Hall–Kier alpha value is -8.66. The van der Waals surface area contributed by atoms with Crippen LogP contribution in [-0.2, 0) is 0 Å². The van der Waals surface area contributed by atoms with E-state index in [1.54, 1.807) is 0 Å². The fourth-order valence-electron chi connectivity index (χ4n) is 10.2. The van der Waals surface area contributed by atoms with Crippen LogP contribution in [0, 0.1) is 0 Å². The second-order valence-corrected chi connectivity index (χ2v) is 16.8. The number of hydrogen-bond donors (Lipinski definition) is 0. The van der Waals surface area contributed by atoms with E-state index in [1.807, 2.05) is 0 Å². The Morgan fingerprint density at radius 3 is 1.58 bits per heavy atom. The molecular weight excluding hydrogens is 789 g/mol. The number of hydrogen-bond acceptors (Lipinski definition) is 2. The molecule has 65 heavy (non-hydrogen) atoms. The third kappa shape index (κ3) is 6.05. The number of aromatic nitrogens is 1. The lowest BCUT2D eigenvalue weighted by Crippen LogP contribution is -2.11. The highest BCUT2D eigenvalue weighted by molar-refractivity contribution is 6.18. The van der Waals surface area contributed by atoms with E-state index in [2.05, 4.69) is 252 Å². The van der Waals surface area contributed by atoms with Crippen LogP contribution in [0.15, 0.2) is 247 Å². The van der Waals surface area contributed by atoms with Gasteiger partial charge in [-0.3, -0.25) is 0 Å². The zero-order chi connectivity index (χ0) is 42.8. The molecular formula is C62H40N2O. The van der Waals surface area contributed by atoms with Crippen LogP contribution in [0.3, 0.4) is 0 Å². The van der Waals surface area contributed by atoms with Crippen LogP contribution in [0.25, 0.3) is 104 Å². The first-order valence-corrected chi connectivity index (χ1v) is 22.2. The van der Waals surface area contributed by atoms with Gasteiger partial charge in [0.05, 0.1) is 16.7 Å². The molecule has 3 heteroatoms. The van der Waals surface area contributed by atoms with Crippen molar-refractivity contribution >= 4 is 82.4 Å². The maximum Gasteiger partial charge on any atom is 0.143 e. The summed E-state index contributed by atoms with van der Waals surface area (Å²) in [4.78, 5) is 2.39. The molecule has 0 saturated heterocycles. The van der Waals surface area contributed by atoms with Crippen molar-refractivity contribution in [3.63, 3.8) is 0 Å². The topological polar surface area (TPSA) is 21.3 Å². The van der Waals surface area contributed by atoms with Crippen LogP contribution in [0.4, 0.5) is 17.1 Å². The second-order valence-electron chi connectivity index (χ2n) is 16.8. The Bertz CT molecular complexity index is 3890. The summed E-state index contributed by atoms with van der Waals surface area (Å²) in [6.45, 7) is 0. The number of rotatable bonds is 7. The highest BCUT2D eigenvalue weighted by atomic mass is 16.3. The Morgan fingerprint density at radius 2 is 0.831 bits per heavy atom. The molecule has 2 aromatic heterocycles. The monoisotopic (exact) mass is 828 g/mol. The fraction of sp³-hybridized carbons (Fsp3) is 0. The molecule has 11 aromatic carbocycles. The van der Waals surface area contributed by atoms with Crippen molar-refractivity contribution < 1.29 is 4.42 Å². The van der Waals surface area contributed by atoms with E-state index in [0.717, 1.165) is 72.3 Å². The van der Waals surface area contributed by atoms with Gasteiger partial charge in [-0.05, 0) is 99.1 Å². The zero-order valence-corrected chi connectivity index (χ0v) is 35.4. The summed E-state index contributed by atoms with van der Waals surface area (Å²) in [5.74, 6) is 0. The summed E-state index contributed by atoms with van der Waals surface area (Å²) in [6, 6.07) is 87.6. The van der Waals surface area contributed by atoms with Crippen LogP contribution in [0.5, 0.6) is 0 Å². The minimum atomic E-state index is 0.885. The van der Waals surface area contributed by atoms with Gasteiger partial charge in [-0.2, -0.15) is 0 Å². The molecule has 3 nitrogen and oxygen atoms in total. The van der Waals surface area contributed by atoms with Gasteiger partial charge in [0.1, 0.15) is 11.2 Å². The summed E-state index contributed by atoms with van der Waals surface area (Å²) >= 11 is 0. The number of anilines is 3. The van der Waals surface area contributed by atoms with Gasteiger partial charge in [-0.1, -0.05) is 182 Å². The van der Waals surface area contributed by atoms with Crippen LogP contribution in [0.2, 0.25) is 0 Å². The molecule has 304 valence electrons. The number of benzene rings is 11. The van der Waals surface area contributed by atoms with Crippen molar-refractivity contribution in [3.8, 4) is 39.1 Å². The molecule has 0 N–H and O–H groups in total. The van der Waals surface area contributed by atoms with Crippen LogP contribution < -0.4 is 4.90 Å². The van der Waals surface area contributed by atoms with Gasteiger partial charge >= 0.3 is 0 Å². The predicted molar refractivity (Wildman–Crippen MR) is 274 cm³/mol. The molecule has 0 unspecified atom stereocenters. The summed E-state index contributed by atoms with van der Waals surface area (Å²) < 4.78 is 9.31. The fourth-order valence-corrected chi connectivity index (χ4v) is 10.2. The molecule has 0 aliphatic heterocycles. The highest BCUT2D eigenvalue weighted by Gasteiger charge is 2.22. The van der Waals surface area contributed by atoms with Crippen LogP contribution in [-0.4, -0.2) is 4.57 Å².